The van der Waals surface area contributed by atoms with Crippen LogP contribution in [0.4, 0.5) is 17.5 Å². The summed E-state index contributed by atoms with van der Waals surface area (Å²) in [5.41, 5.74) is 2.54. The third kappa shape index (κ3) is 2.55. The summed E-state index contributed by atoms with van der Waals surface area (Å²) >= 11 is 0. The van der Waals surface area contributed by atoms with E-state index in [0.717, 1.165) is 11.3 Å². The molecule has 1 heterocycles. The molecule has 0 amide bonds. The van der Waals surface area contributed by atoms with E-state index in [2.05, 4.69) is 26.7 Å². The van der Waals surface area contributed by atoms with Gasteiger partial charge in [0.05, 0.1) is 11.6 Å². The van der Waals surface area contributed by atoms with Crippen LogP contribution in [0.25, 0.3) is 0 Å². The molecule has 5 nitrogen and oxygen atoms in total. The van der Waals surface area contributed by atoms with E-state index in [1.165, 1.54) is 0 Å². The summed E-state index contributed by atoms with van der Waals surface area (Å²) in [6.07, 6.45) is 1.67. The van der Waals surface area contributed by atoms with Crippen LogP contribution in [0.15, 0.2) is 30.5 Å². The Balaban J connectivity index is 2.30. The zero-order valence-electron chi connectivity index (χ0n) is 10.2. The number of hydrogen-bond acceptors (Lipinski definition) is 5. The lowest BCUT2D eigenvalue weighted by Gasteiger charge is -2.09. The Hall–Kier alpha value is -2.61. The van der Waals surface area contributed by atoms with Crippen LogP contribution < -0.4 is 10.6 Å². The molecule has 1 aromatic heterocycles. The molecule has 0 aliphatic rings. The molecule has 1 aromatic carbocycles. The van der Waals surface area contributed by atoms with Gasteiger partial charge in [-0.1, -0.05) is 6.07 Å². The number of aryl methyl sites for hydroxylation is 1. The van der Waals surface area contributed by atoms with E-state index in [4.69, 9.17) is 5.26 Å². The molecular formula is C13H13N5. The van der Waals surface area contributed by atoms with Gasteiger partial charge in [-0.25, -0.2) is 4.98 Å². The molecule has 0 fully saturated rings. The minimum Gasteiger partial charge on any atom is -0.357 e. The molecule has 90 valence electrons. The van der Waals surface area contributed by atoms with Crippen molar-refractivity contribution >= 4 is 17.5 Å². The smallest absolute Gasteiger partial charge is 0.224 e. The normalized spacial score (nSPS) is 9.61. The van der Waals surface area contributed by atoms with Gasteiger partial charge in [0.25, 0.3) is 0 Å². The van der Waals surface area contributed by atoms with Crippen molar-refractivity contribution in [1.82, 2.24) is 9.97 Å². The molecule has 0 unspecified atom stereocenters. The first kappa shape index (κ1) is 11.9. The van der Waals surface area contributed by atoms with Gasteiger partial charge in [0.15, 0.2) is 0 Å². The quantitative estimate of drug-likeness (QED) is 0.860. The van der Waals surface area contributed by atoms with Crippen LogP contribution in [0.2, 0.25) is 0 Å². The van der Waals surface area contributed by atoms with Gasteiger partial charge in [-0.05, 0) is 30.7 Å². The number of rotatable bonds is 3. The third-order valence-electron chi connectivity index (χ3n) is 2.51. The number of nitriles is 1. The topological polar surface area (TPSA) is 73.6 Å². The van der Waals surface area contributed by atoms with Crippen molar-refractivity contribution in [2.24, 2.45) is 0 Å². The SMILES string of the molecule is CNc1nccc(Nc2cc(C#N)ccc2C)n1. The van der Waals surface area contributed by atoms with Crippen LogP contribution in [0, 0.1) is 18.3 Å². The summed E-state index contributed by atoms with van der Waals surface area (Å²) in [6, 6.07) is 9.39. The van der Waals surface area contributed by atoms with Gasteiger partial charge >= 0.3 is 0 Å². The molecule has 0 atom stereocenters. The second-order valence-electron chi connectivity index (χ2n) is 3.78. The van der Waals surface area contributed by atoms with Crippen molar-refractivity contribution in [2.45, 2.75) is 6.92 Å². The highest BCUT2D eigenvalue weighted by molar-refractivity contribution is 5.63. The minimum atomic E-state index is 0.550. The van der Waals surface area contributed by atoms with Crippen LogP contribution in [0.5, 0.6) is 0 Å². The van der Waals surface area contributed by atoms with Crippen LogP contribution >= 0.6 is 0 Å². The predicted octanol–water partition coefficient (Wildman–Crippen LogP) is 2.44. The third-order valence-corrected chi connectivity index (χ3v) is 2.51. The summed E-state index contributed by atoms with van der Waals surface area (Å²) in [5, 5.41) is 14.9. The van der Waals surface area contributed by atoms with E-state index in [-0.39, 0.29) is 0 Å². The fourth-order valence-electron chi connectivity index (χ4n) is 1.51. The highest BCUT2D eigenvalue weighted by atomic mass is 15.1. The van der Waals surface area contributed by atoms with Gasteiger partial charge in [-0.3, -0.25) is 0 Å². The molecule has 0 aliphatic heterocycles. The van der Waals surface area contributed by atoms with E-state index in [1.807, 2.05) is 13.0 Å². The molecule has 2 aromatic rings. The number of nitrogens with one attached hydrogen (secondary N) is 2. The number of anilines is 3. The highest BCUT2D eigenvalue weighted by Crippen LogP contribution is 2.20. The molecule has 2 N–H and O–H groups in total. The molecule has 0 spiro atoms. The van der Waals surface area contributed by atoms with Gasteiger partial charge in [-0.2, -0.15) is 10.2 Å². The second-order valence-corrected chi connectivity index (χ2v) is 3.78. The van der Waals surface area contributed by atoms with Gasteiger partial charge < -0.3 is 10.6 Å². The number of aromatic nitrogens is 2. The fraction of sp³-hybridized carbons (Fsp3) is 0.154. The molecule has 0 bridgehead atoms. The zero-order valence-corrected chi connectivity index (χ0v) is 10.2. The molecule has 0 radical (unpaired) electrons. The predicted molar refractivity (Wildman–Crippen MR) is 70.8 cm³/mol. The molecule has 5 heteroatoms. The van der Waals surface area contributed by atoms with Crippen molar-refractivity contribution in [2.75, 3.05) is 17.7 Å². The van der Waals surface area contributed by atoms with Crippen molar-refractivity contribution < 1.29 is 0 Å². The van der Waals surface area contributed by atoms with Crippen LogP contribution in [-0.4, -0.2) is 17.0 Å². The highest BCUT2D eigenvalue weighted by Gasteiger charge is 2.02. The van der Waals surface area contributed by atoms with Gasteiger partial charge in [0, 0.05) is 18.9 Å². The molecule has 18 heavy (non-hydrogen) atoms. The average Bonchev–Trinajstić information content (AvgIpc) is 2.41. The summed E-state index contributed by atoms with van der Waals surface area (Å²) in [4.78, 5) is 8.31. The van der Waals surface area contributed by atoms with E-state index >= 15 is 0 Å². The van der Waals surface area contributed by atoms with E-state index in [0.29, 0.717) is 17.3 Å². The summed E-state index contributed by atoms with van der Waals surface area (Å²) in [5.74, 6) is 1.24. The van der Waals surface area contributed by atoms with Crippen molar-refractivity contribution in [1.29, 1.82) is 5.26 Å². The van der Waals surface area contributed by atoms with Gasteiger partial charge in [0.1, 0.15) is 5.82 Å². The maximum absolute atomic E-state index is 8.89. The van der Waals surface area contributed by atoms with Crippen LogP contribution in [0.1, 0.15) is 11.1 Å². The lowest BCUT2D eigenvalue weighted by molar-refractivity contribution is 1.15. The number of benzene rings is 1. The van der Waals surface area contributed by atoms with E-state index in [1.54, 1.807) is 31.4 Å². The van der Waals surface area contributed by atoms with Crippen LogP contribution in [-0.2, 0) is 0 Å². The Morgan fingerprint density at radius 1 is 1.28 bits per heavy atom. The molecule has 0 aliphatic carbocycles. The van der Waals surface area contributed by atoms with E-state index in [9.17, 15) is 0 Å². The largest absolute Gasteiger partial charge is 0.357 e. The Labute approximate surface area is 106 Å². The second kappa shape index (κ2) is 5.15. The van der Waals surface area contributed by atoms with Gasteiger partial charge in [-0.15, -0.1) is 0 Å². The maximum Gasteiger partial charge on any atom is 0.224 e. The first-order valence-electron chi connectivity index (χ1n) is 5.51. The van der Waals surface area contributed by atoms with Crippen molar-refractivity contribution in [3.05, 3.63) is 41.6 Å². The van der Waals surface area contributed by atoms with Crippen molar-refractivity contribution in [3.8, 4) is 6.07 Å². The monoisotopic (exact) mass is 239 g/mol. The Kier molecular flexibility index (Phi) is 3.39. The summed E-state index contributed by atoms with van der Waals surface area (Å²) in [6.45, 7) is 1.98. The van der Waals surface area contributed by atoms with Gasteiger partial charge in [0.2, 0.25) is 5.95 Å². The zero-order chi connectivity index (χ0) is 13.0. The van der Waals surface area contributed by atoms with Crippen molar-refractivity contribution in [3.63, 3.8) is 0 Å². The molecule has 0 saturated heterocycles. The lowest BCUT2D eigenvalue weighted by Crippen LogP contribution is -2.00. The molecule has 2 rings (SSSR count). The van der Waals surface area contributed by atoms with E-state index < -0.39 is 0 Å². The maximum atomic E-state index is 8.89. The number of nitrogens with zero attached hydrogens (tertiary/aromatic N) is 3. The molecular weight excluding hydrogens is 226 g/mol. The fourth-order valence-corrected chi connectivity index (χ4v) is 1.51. The Morgan fingerprint density at radius 2 is 2.11 bits per heavy atom. The first-order chi connectivity index (χ1) is 8.72. The molecule has 0 saturated carbocycles. The van der Waals surface area contributed by atoms with Crippen LogP contribution in [0.3, 0.4) is 0 Å². The standard InChI is InChI=1S/C13H13N5/c1-9-3-4-10(8-14)7-11(9)17-12-5-6-16-13(15-2)18-12/h3-7H,1-2H3,(H2,15,16,17,18). The average molecular weight is 239 g/mol. The first-order valence-corrected chi connectivity index (χ1v) is 5.51. The Morgan fingerprint density at radius 3 is 2.83 bits per heavy atom. The number of hydrogen-bond donors (Lipinski definition) is 2. The summed E-state index contributed by atoms with van der Waals surface area (Å²) in [7, 11) is 1.76. The lowest BCUT2D eigenvalue weighted by atomic mass is 10.1. The summed E-state index contributed by atoms with van der Waals surface area (Å²) < 4.78 is 0. The Bertz CT molecular complexity index is 601. The minimum absolute atomic E-state index is 0.550.